The van der Waals surface area contributed by atoms with Crippen molar-refractivity contribution < 1.29 is 8.42 Å². The van der Waals surface area contributed by atoms with E-state index in [0.29, 0.717) is 30.6 Å². The number of nitriles is 1. The van der Waals surface area contributed by atoms with Gasteiger partial charge in [0, 0.05) is 12.7 Å². The molecule has 5 N–H and O–H groups in total. The van der Waals surface area contributed by atoms with Crippen molar-refractivity contribution >= 4 is 21.7 Å². The smallest absolute Gasteiger partial charge is 0.241 e. The molecule has 2 heterocycles. The van der Waals surface area contributed by atoms with E-state index in [2.05, 4.69) is 21.5 Å². The van der Waals surface area contributed by atoms with Gasteiger partial charge in [0.05, 0.1) is 11.4 Å². The highest BCUT2D eigenvalue weighted by Crippen LogP contribution is 2.22. The van der Waals surface area contributed by atoms with Crippen molar-refractivity contribution in [3.8, 4) is 11.8 Å². The van der Waals surface area contributed by atoms with Crippen LogP contribution < -0.4 is 16.2 Å². The number of sulfonamides is 1. The zero-order chi connectivity index (χ0) is 20.1. The molecule has 0 spiro atoms. The summed E-state index contributed by atoms with van der Waals surface area (Å²) in [6.07, 6.45) is 2.55. The molecule has 0 aliphatic carbocycles. The molecular formula is C18H19N7O2S. The predicted octanol–water partition coefficient (Wildman–Crippen LogP) is 1.41. The van der Waals surface area contributed by atoms with Crippen molar-refractivity contribution in [1.82, 2.24) is 14.8 Å². The number of nitrogens with two attached hydrogens (primary N) is 2. The van der Waals surface area contributed by atoms with Crippen molar-refractivity contribution in [2.75, 3.05) is 17.6 Å². The molecule has 144 valence electrons. The van der Waals surface area contributed by atoms with E-state index >= 15 is 0 Å². The lowest BCUT2D eigenvalue weighted by molar-refractivity contribution is 0.597. The molecule has 9 nitrogen and oxygen atoms in total. The van der Waals surface area contributed by atoms with Crippen LogP contribution in [0.5, 0.6) is 0 Å². The minimum Gasteiger partial charge on any atom is -0.382 e. The highest BCUT2D eigenvalue weighted by molar-refractivity contribution is 7.89. The third-order valence-electron chi connectivity index (χ3n) is 4.07. The van der Waals surface area contributed by atoms with E-state index in [1.54, 1.807) is 4.68 Å². The molecular weight excluding hydrogens is 378 g/mol. The van der Waals surface area contributed by atoms with Crippen LogP contribution in [0.25, 0.3) is 5.69 Å². The zero-order valence-electron chi connectivity index (χ0n) is 14.9. The molecule has 1 aromatic carbocycles. The zero-order valence-corrected chi connectivity index (χ0v) is 15.7. The van der Waals surface area contributed by atoms with Crippen LogP contribution in [0.15, 0.2) is 53.6 Å². The molecule has 0 atom stereocenters. The first kappa shape index (κ1) is 19.3. The van der Waals surface area contributed by atoms with Gasteiger partial charge in [-0.15, -0.1) is 0 Å². The maximum atomic E-state index is 11.6. The molecule has 0 fully saturated rings. The van der Waals surface area contributed by atoms with Crippen LogP contribution in [-0.4, -0.2) is 29.7 Å². The molecule has 0 saturated heterocycles. The second kappa shape index (κ2) is 8.08. The largest absolute Gasteiger partial charge is 0.382 e. The normalized spacial score (nSPS) is 11.1. The average Bonchev–Trinajstić information content (AvgIpc) is 3.01. The lowest BCUT2D eigenvalue weighted by Crippen LogP contribution is -2.16. The third kappa shape index (κ3) is 4.11. The number of pyridine rings is 1. The Morgan fingerprint density at radius 1 is 1.18 bits per heavy atom. The Labute approximate surface area is 162 Å². The lowest BCUT2D eigenvalue weighted by atomic mass is 10.1. The summed E-state index contributed by atoms with van der Waals surface area (Å²) in [4.78, 5) is 3.95. The molecule has 3 rings (SSSR count). The fourth-order valence-corrected chi connectivity index (χ4v) is 3.42. The molecule has 0 amide bonds. The van der Waals surface area contributed by atoms with Gasteiger partial charge in [-0.2, -0.15) is 10.4 Å². The van der Waals surface area contributed by atoms with Crippen LogP contribution in [0.3, 0.4) is 0 Å². The summed E-state index contributed by atoms with van der Waals surface area (Å²) in [5, 5.41) is 22.0. The van der Waals surface area contributed by atoms with Gasteiger partial charge in [0.15, 0.2) is 0 Å². The van der Waals surface area contributed by atoms with Crippen molar-refractivity contribution in [1.29, 1.82) is 5.26 Å². The Morgan fingerprint density at radius 3 is 2.61 bits per heavy atom. The molecule has 28 heavy (non-hydrogen) atoms. The number of para-hydroxylation sites is 1. The van der Waals surface area contributed by atoms with Crippen LogP contribution in [0.2, 0.25) is 0 Å². The van der Waals surface area contributed by atoms with Gasteiger partial charge in [-0.3, -0.25) is 0 Å². The maximum absolute atomic E-state index is 11.6. The number of rotatable bonds is 7. The summed E-state index contributed by atoms with van der Waals surface area (Å²) >= 11 is 0. The fourth-order valence-electron chi connectivity index (χ4n) is 2.76. The fraction of sp³-hybridized carbons (Fsp3) is 0.167. The number of anilines is 2. The second-order valence-electron chi connectivity index (χ2n) is 5.99. The molecule has 10 heteroatoms. The lowest BCUT2D eigenvalue weighted by Gasteiger charge is -2.08. The topological polar surface area (TPSA) is 153 Å². The molecule has 0 radical (unpaired) electrons. The van der Waals surface area contributed by atoms with E-state index in [1.165, 1.54) is 18.3 Å². The van der Waals surface area contributed by atoms with Crippen molar-refractivity contribution in [2.45, 2.75) is 17.7 Å². The third-order valence-corrected chi connectivity index (χ3v) is 5.01. The number of nitrogens with one attached hydrogen (secondary N) is 1. The molecule has 0 unspecified atom stereocenters. The Bertz CT molecular complexity index is 1120. The second-order valence-corrected chi connectivity index (χ2v) is 7.52. The van der Waals surface area contributed by atoms with Gasteiger partial charge >= 0.3 is 0 Å². The van der Waals surface area contributed by atoms with E-state index in [-0.39, 0.29) is 16.5 Å². The summed E-state index contributed by atoms with van der Waals surface area (Å²) in [7, 11) is -3.87. The van der Waals surface area contributed by atoms with Crippen molar-refractivity contribution in [2.24, 2.45) is 5.14 Å². The number of nitrogen functional groups attached to an aromatic ring is 1. The maximum Gasteiger partial charge on any atom is 0.241 e. The quantitative estimate of drug-likeness (QED) is 0.509. The molecule has 3 aromatic rings. The van der Waals surface area contributed by atoms with Crippen LogP contribution in [0.1, 0.15) is 17.7 Å². The first-order valence-electron chi connectivity index (χ1n) is 8.46. The van der Waals surface area contributed by atoms with Crippen LogP contribution in [-0.2, 0) is 16.4 Å². The van der Waals surface area contributed by atoms with Crippen molar-refractivity contribution in [3.63, 3.8) is 0 Å². The Kier molecular flexibility index (Phi) is 5.58. The van der Waals surface area contributed by atoms with Gasteiger partial charge in [0.1, 0.15) is 28.2 Å². The van der Waals surface area contributed by atoms with E-state index in [9.17, 15) is 13.7 Å². The van der Waals surface area contributed by atoms with E-state index in [1.807, 2.05) is 30.3 Å². The average molecular weight is 397 g/mol. The Balaban J connectivity index is 1.71. The highest BCUT2D eigenvalue weighted by atomic mass is 32.2. The SMILES string of the molecule is N#Cc1c(CCCNc2ncccc2S(N)(=O)=O)nn(-c2ccccc2)c1N. The number of aryl methyl sites for hydroxylation is 1. The molecule has 2 aromatic heterocycles. The Hall–Kier alpha value is -3.42. The van der Waals surface area contributed by atoms with E-state index < -0.39 is 10.0 Å². The minimum absolute atomic E-state index is 0.0645. The number of nitrogens with zero attached hydrogens (tertiary/aromatic N) is 4. The number of hydrogen-bond donors (Lipinski definition) is 3. The number of hydrogen-bond acceptors (Lipinski definition) is 7. The summed E-state index contributed by atoms with van der Waals surface area (Å²) in [5.74, 6) is 0.484. The summed E-state index contributed by atoms with van der Waals surface area (Å²) in [6, 6.07) is 14.3. The number of primary sulfonamides is 1. The minimum atomic E-state index is -3.87. The summed E-state index contributed by atoms with van der Waals surface area (Å²) < 4.78 is 24.7. The van der Waals surface area contributed by atoms with Gasteiger partial charge in [-0.1, -0.05) is 18.2 Å². The number of benzene rings is 1. The molecule has 0 saturated carbocycles. The van der Waals surface area contributed by atoms with Gasteiger partial charge in [0.25, 0.3) is 0 Å². The van der Waals surface area contributed by atoms with Crippen LogP contribution in [0.4, 0.5) is 11.6 Å². The molecule has 0 bridgehead atoms. The monoisotopic (exact) mass is 397 g/mol. The van der Waals surface area contributed by atoms with E-state index in [0.717, 1.165) is 5.69 Å². The first-order chi connectivity index (χ1) is 13.4. The van der Waals surface area contributed by atoms with Gasteiger partial charge in [-0.25, -0.2) is 23.2 Å². The predicted molar refractivity (Wildman–Crippen MR) is 105 cm³/mol. The standard InChI is InChI=1S/C18H19N7O2S/c19-12-14-15(24-25(17(14)20)13-6-2-1-3-7-13)8-4-10-22-18-16(28(21,26)27)9-5-11-23-18/h1-3,5-7,9,11H,4,8,10,20H2,(H,22,23)(H2,21,26,27). The first-order valence-corrected chi connectivity index (χ1v) is 10.0. The van der Waals surface area contributed by atoms with Gasteiger partial charge in [-0.05, 0) is 37.1 Å². The highest BCUT2D eigenvalue weighted by Gasteiger charge is 2.17. The van der Waals surface area contributed by atoms with Crippen molar-refractivity contribution in [3.05, 3.63) is 59.9 Å². The number of aromatic nitrogens is 3. The van der Waals surface area contributed by atoms with Gasteiger partial charge < -0.3 is 11.1 Å². The van der Waals surface area contributed by atoms with Gasteiger partial charge in [0.2, 0.25) is 10.0 Å². The van der Waals surface area contributed by atoms with E-state index in [4.69, 9.17) is 10.9 Å². The molecule has 0 aliphatic heterocycles. The van der Waals surface area contributed by atoms with Crippen LogP contribution >= 0.6 is 0 Å². The van der Waals surface area contributed by atoms with Crippen LogP contribution in [0, 0.1) is 11.3 Å². The Morgan fingerprint density at radius 2 is 1.93 bits per heavy atom. The molecule has 0 aliphatic rings. The summed E-state index contributed by atoms with van der Waals surface area (Å²) in [5.41, 5.74) is 7.77. The summed E-state index contributed by atoms with van der Waals surface area (Å²) in [6.45, 7) is 0.419.